The number of rotatable bonds is 18. The molecule has 0 radical (unpaired) electrons. The van der Waals surface area contributed by atoms with Crippen LogP contribution in [0.5, 0.6) is 0 Å². The average Bonchev–Trinajstić information content (AvgIpc) is 2.55. The van der Waals surface area contributed by atoms with Crippen LogP contribution in [0.25, 0.3) is 0 Å². The first-order valence-electron chi connectivity index (χ1n) is 11.0. The van der Waals surface area contributed by atoms with Gasteiger partial charge in [0.1, 0.15) is 0 Å². The minimum atomic E-state index is 0.940. The molecule has 0 aliphatic heterocycles. The molecule has 0 heteroatoms. The van der Waals surface area contributed by atoms with Gasteiger partial charge in [-0.15, -0.1) is 6.58 Å². The minimum Gasteiger partial charge on any atom is -0.100 e. The van der Waals surface area contributed by atoms with Crippen LogP contribution >= 0.6 is 0 Å². The smallest absolute Gasteiger partial charge is 0.0326 e. The molecule has 1 atom stereocenters. The molecule has 0 fully saturated rings. The van der Waals surface area contributed by atoms with Crippen molar-refractivity contribution in [2.75, 3.05) is 0 Å². The lowest BCUT2D eigenvalue weighted by atomic mass is 9.96. The first kappa shape index (κ1) is 23.5. The van der Waals surface area contributed by atoms with Gasteiger partial charge in [-0.05, 0) is 51.4 Å². The van der Waals surface area contributed by atoms with E-state index in [0.717, 1.165) is 5.92 Å². The van der Waals surface area contributed by atoms with Crippen LogP contribution < -0.4 is 0 Å². The van der Waals surface area contributed by atoms with Crippen molar-refractivity contribution >= 4 is 0 Å². The minimum absolute atomic E-state index is 0.940. The van der Waals surface area contributed by atoms with Crippen molar-refractivity contribution in [3.8, 4) is 0 Å². The second-order valence-electron chi connectivity index (χ2n) is 7.97. The van der Waals surface area contributed by atoms with Gasteiger partial charge in [-0.1, -0.05) is 95.8 Å². The Hall–Kier alpha value is -0.520. The van der Waals surface area contributed by atoms with Crippen molar-refractivity contribution in [2.24, 2.45) is 5.92 Å². The molecule has 142 valence electrons. The van der Waals surface area contributed by atoms with E-state index in [4.69, 9.17) is 0 Å². The molecule has 0 aliphatic rings. The summed E-state index contributed by atoms with van der Waals surface area (Å²) in [6.07, 6.45) is 26.9. The zero-order valence-corrected chi connectivity index (χ0v) is 17.3. The molecule has 0 rings (SSSR count). The lowest BCUT2D eigenvalue weighted by Crippen LogP contribution is -1.94. The van der Waals surface area contributed by atoms with Gasteiger partial charge in [0.05, 0.1) is 0 Å². The lowest BCUT2D eigenvalue weighted by Gasteiger charge is -2.10. The summed E-state index contributed by atoms with van der Waals surface area (Å²) in [5.41, 5.74) is 1.34. The van der Waals surface area contributed by atoms with Gasteiger partial charge in [0, 0.05) is 0 Å². The highest BCUT2D eigenvalue weighted by molar-refractivity contribution is 4.87. The van der Waals surface area contributed by atoms with Gasteiger partial charge < -0.3 is 0 Å². The molecule has 0 aromatic rings. The van der Waals surface area contributed by atoms with Crippen LogP contribution in [0.2, 0.25) is 0 Å². The van der Waals surface area contributed by atoms with Crippen molar-refractivity contribution in [3.05, 3.63) is 24.3 Å². The maximum absolute atomic E-state index is 3.96. The Morgan fingerprint density at radius 1 is 0.750 bits per heavy atom. The lowest BCUT2D eigenvalue weighted by molar-refractivity contribution is 0.441. The molecule has 0 nitrogen and oxygen atoms in total. The monoisotopic (exact) mass is 334 g/mol. The van der Waals surface area contributed by atoms with E-state index < -0.39 is 0 Å². The van der Waals surface area contributed by atoms with E-state index in [0.29, 0.717) is 0 Å². The Kier molecular flexibility index (Phi) is 18.4. The zero-order valence-electron chi connectivity index (χ0n) is 17.3. The molecule has 0 aromatic heterocycles. The molecule has 24 heavy (non-hydrogen) atoms. The number of allylic oxidation sites excluding steroid dienone is 3. The summed E-state index contributed by atoms with van der Waals surface area (Å²) in [5, 5.41) is 0. The van der Waals surface area contributed by atoms with Crippen LogP contribution in [0.4, 0.5) is 0 Å². The molecule has 1 unspecified atom stereocenters. The normalized spacial score (nSPS) is 12.8. The summed E-state index contributed by atoms with van der Waals surface area (Å²) in [6.45, 7) is 10.8. The Balaban J connectivity index is 3.22. The van der Waals surface area contributed by atoms with Gasteiger partial charge in [-0.3, -0.25) is 0 Å². The highest BCUT2D eigenvalue weighted by atomic mass is 14.1. The molecule has 0 saturated carbocycles. The Bertz CT molecular complexity index is 286. The van der Waals surface area contributed by atoms with Crippen LogP contribution in [0, 0.1) is 5.92 Å². The van der Waals surface area contributed by atoms with E-state index in [9.17, 15) is 0 Å². The SMILES string of the molecule is C=C(C)CCCCCCCC=CCCCCC(C)CCCCCC. The fraction of sp³-hybridized carbons (Fsp3) is 0.833. The number of unbranched alkanes of at least 4 members (excludes halogenated alkanes) is 10. The number of hydrogen-bond acceptors (Lipinski definition) is 0. The molecule has 0 bridgehead atoms. The first-order chi connectivity index (χ1) is 11.7. The second-order valence-corrected chi connectivity index (χ2v) is 7.97. The summed E-state index contributed by atoms with van der Waals surface area (Å²) in [4.78, 5) is 0. The van der Waals surface area contributed by atoms with Crippen LogP contribution in [-0.2, 0) is 0 Å². The standard InChI is InChI=1S/C24H46/c1-5-6-7-18-21-24(4)22-19-16-14-12-10-8-9-11-13-15-17-20-23(2)3/h10,12,24H,2,5-9,11,13-22H2,1,3-4H3. The Morgan fingerprint density at radius 2 is 1.25 bits per heavy atom. The summed E-state index contributed by atoms with van der Waals surface area (Å²) in [5.74, 6) is 0.940. The van der Waals surface area contributed by atoms with Crippen LogP contribution in [0.15, 0.2) is 24.3 Å². The summed E-state index contributed by atoms with van der Waals surface area (Å²) in [7, 11) is 0. The highest BCUT2D eigenvalue weighted by Crippen LogP contribution is 2.17. The van der Waals surface area contributed by atoms with Crippen molar-refractivity contribution < 1.29 is 0 Å². The molecule has 0 amide bonds. The molecule has 0 spiro atoms. The van der Waals surface area contributed by atoms with E-state index in [1.807, 2.05) is 0 Å². The topological polar surface area (TPSA) is 0 Å². The molecular formula is C24H46. The fourth-order valence-corrected chi connectivity index (χ4v) is 3.27. The molecule has 0 N–H and O–H groups in total. The summed E-state index contributed by atoms with van der Waals surface area (Å²) >= 11 is 0. The third kappa shape index (κ3) is 19.5. The molecule has 0 heterocycles. The maximum atomic E-state index is 3.96. The van der Waals surface area contributed by atoms with Crippen molar-refractivity contribution in [3.63, 3.8) is 0 Å². The predicted octanol–water partition coefficient (Wildman–Crippen LogP) is 9.02. The predicted molar refractivity (Wildman–Crippen MR) is 113 cm³/mol. The second kappa shape index (κ2) is 18.8. The first-order valence-corrected chi connectivity index (χ1v) is 11.0. The Labute approximate surface area is 154 Å². The third-order valence-corrected chi connectivity index (χ3v) is 5.01. The quantitative estimate of drug-likeness (QED) is 0.173. The van der Waals surface area contributed by atoms with Crippen molar-refractivity contribution in [2.45, 2.75) is 124 Å². The fourth-order valence-electron chi connectivity index (χ4n) is 3.27. The van der Waals surface area contributed by atoms with Gasteiger partial charge in [0.25, 0.3) is 0 Å². The zero-order chi connectivity index (χ0) is 17.9. The summed E-state index contributed by atoms with van der Waals surface area (Å²) < 4.78 is 0. The van der Waals surface area contributed by atoms with E-state index >= 15 is 0 Å². The summed E-state index contributed by atoms with van der Waals surface area (Å²) in [6, 6.07) is 0. The average molecular weight is 335 g/mol. The van der Waals surface area contributed by atoms with Gasteiger partial charge in [-0.25, -0.2) is 0 Å². The van der Waals surface area contributed by atoms with E-state index in [1.165, 1.54) is 108 Å². The van der Waals surface area contributed by atoms with Crippen LogP contribution in [-0.4, -0.2) is 0 Å². The van der Waals surface area contributed by atoms with Gasteiger partial charge >= 0.3 is 0 Å². The maximum Gasteiger partial charge on any atom is -0.0326 e. The van der Waals surface area contributed by atoms with Crippen molar-refractivity contribution in [1.29, 1.82) is 0 Å². The van der Waals surface area contributed by atoms with E-state index in [2.05, 4.69) is 39.5 Å². The molecular weight excluding hydrogens is 288 g/mol. The molecule has 0 aromatic carbocycles. The van der Waals surface area contributed by atoms with E-state index in [-0.39, 0.29) is 0 Å². The van der Waals surface area contributed by atoms with Gasteiger partial charge in [-0.2, -0.15) is 0 Å². The van der Waals surface area contributed by atoms with Crippen LogP contribution in [0.3, 0.4) is 0 Å². The number of hydrogen-bond donors (Lipinski definition) is 0. The molecule has 0 saturated heterocycles. The van der Waals surface area contributed by atoms with Gasteiger partial charge in [0.15, 0.2) is 0 Å². The third-order valence-electron chi connectivity index (χ3n) is 5.01. The molecule has 0 aliphatic carbocycles. The van der Waals surface area contributed by atoms with Crippen molar-refractivity contribution in [1.82, 2.24) is 0 Å². The largest absolute Gasteiger partial charge is 0.100 e. The van der Waals surface area contributed by atoms with Gasteiger partial charge in [0.2, 0.25) is 0 Å². The highest BCUT2D eigenvalue weighted by Gasteiger charge is 2.01. The Morgan fingerprint density at radius 3 is 1.88 bits per heavy atom. The van der Waals surface area contributed by atoms with Crippen LogP contribution in [0.1, 0.15) is 124 Å². The van der Waals surface area contributed by atoms with E-state index in [1.54, 1.807) is 0 Å².